The molecule has 1 aromatic carbocycles. The van der Waals surface area contributed by atoms with E-state index in [2.05, 4.69) is 12.0 Å². The predicted octanol–water partition coefficient (Wildman–Crippen LogP) is 5.30. The van der Waals surface area contributed by atoms with E-state index in [0.717, 1.165) is 37.1 Å². The number of halogens is 1. The first-order valence-electron chi connectivity index (χ1n) is 9.94. The van der Waals surface area contributed by atoms with Crippen molar-refractivity contribution in [3.63, 3.8) is 0 Å². The summed E-state index contributed by atoms with van der Waals surface area (Å²) in [6, 6.07) is 7.32. The molecule has 0 spiro atoms. The molecule has 1 atom stereocenters. The molecule has 5 nitrogen and oxygen atoms in total. The van der Waals surface area contributed by atoms with Gasteiger partial charge in [0.05, 0.1) is 22.7 Å². The van der Waals surface area contributed by atoms with Crippen molar-refractivity contribution >= 4 is 17.6 Å². The Bertz CT molecular complexity index is 809. The number of aliphatic hydroxyl groups is 1. The molecule has 2 N–H and O–H groups in total. The van der Waals surface area contributed by atoms with Crippen LogP contribution in [0.15, 0.2) is 24.3 Å². The van der Waals surface area contributed by atoms with Crippen molar-refractivity contribution in [3.05, 3.63) is 46.2 Å². The molecular weight excluding hydrogens is 376 g/mol. The van der Waals surface area contributed by atoms with Gasteiger partial charge in [-0.1, -0.05) is 50.8 Å². The minimum atomic E-state index is -0.935. The Labute approximate surface area is 172 Å². The molecule has 1 heterocycles. The molecule has 154 valence electrons. The van der Waals surface area contributed by atoms with E-state index in [-0.39, 0.29) is 5.92 Å². The van der Waals surface area contributed by atoms with Gasteiger partial charge in [0, 0.05) is 5.02 Å². The van der Waals surface area contributed by atoms with Gasteiger partial charge in [-0.2, -0.15) is 5.10 Å². The van der Waals surface area contributed by atoms with Crippen LogP contribution in [0, 0.1) is 5.92 Å². The summed E-state index contributed by atoms with van der Waals surface area (Å²) >= 11 is 6.13. The molecule has 0 fully saturated rings. The first-order valence-corrected chi connectivity index (χ1v) is 10.3. The van der Waals surface area contributed by atoms with Gasteiger partial charge < -0.3 is 10.2 Å². The molecule has 0 radical (unpaired) electrons. The summed E-state index contributed by atoms with van der Waals surface area (Å²) in [7, 11) is 0. The number of hydrogen-bond donors (Lipinski definition) is 2. The van der Waals surface area contributed by atoms with Crippen molar-refractivity contribution in [1.82, 2.24) is 9.78 Å². The van der Waals surface area contributed by atoms with Crippen molar-refractivity contribution in [2.75, 3.05) is 0 Å². The van der Waals surface area contributed by atoms with E-state index in [4.69, 9.17) is 11.6 Å². The van der Waals surface area contributed by atoms with Gasteiger partial charge in [-0.05, 0) is 57.2 Å². The van der Waals surface area contributed by atoms with Gasteiger partial charge in [-0.3, -0.25) is 0 Å². The van der Waals surface area contributed by atoms with Crippen molar-refractivity contribution in [2.45, 2.75) is 71.8 Å². The van der Waals surface area contributed by atoms with Crippen molar-refractivity contribution in [3.8, 4) is 5.69 Å². The Hall–Kier alpha value is -1.85. The largest absolute Gasteiger partial charge is 0.478 e. The lowest BCUT2D eigenvalue weighted by Crippen LogP contribution is -2.18. The SMILES string of the molecule is CCCc1c(C(=O)O)c(CC(C)CCCC(C)(C)O)nn1-c1cccc(Cl)c1. The highest BCUT2D eigenvalue weighted by molar-refractivity contribution is 6.30. The number of hydrogen-bond acceptors (Lipinski definition) is 3. The number of aromatic nitrogens is 2. The zero-order valence-electron chi connectivity index (χ0n) is 17.2. The molecule has 0 saturated carbocycles. The first-order chi connectivity index (χ1) is 13.1. The van der Waals surface area contributed by atoms with Crippen LogP contribution in [-0.2, 0) is 12.8 Å². The van der Waals surface area contributed by atoms with Crippen molar-refractivity contribution < 1.29 is 15.0 Å². The maximum atomic E-state index is 12.0. The van der Waals surface area contributed by atoms with Crippen molar-refractivity contribution in [2.24, 2.45) is 5.92 Å². The summed E-state index contributed by atoms with van der Waals surface area (Å²) in [5.41, 5.74) is 1.76. The van der Waals surface area contributed by atoms with Crippen LogP contribution in [0.25, 0.3) is 5.69 Å². The topological polar surface area (TPSA) is 75.3 Å². The Kier molecular flexibility index (Phi) is 7.67. The van der Waals surface area contributed by atoms with Crippen LogP contribution < -0.4 is 0 Å². The lowest BCUT2D eigenvalue weighted by atomic mass is 9.93. The molecule has 1 unspecified atom stereocenters. The Morgan fingerprint density at radius 1 is 1.36 bits per heavy atom. The molecule has 1 aromatic heterocycles. The maximum Gasteiger partial charge on any atom is 0.339 e. The van der Waals surface area contributed by atoms with E-state index >= 15 is 0 Å². The van der Waals surface area contributed by atoms with Gasteiger partial charge in [-0.15, -0.1) is 0 Å². The van der Waals surface area contributed by atoms with E-state index in [1.807, 2.05) is 32.9 Å². The summed E-state index contributed by atoms with van der Waals surface area (Å²) < 4.78 is 1.73. The number of carbonyl (C=O) groups is 1. The second-order valence-electron chi connectivity index (χ2n) is 8.23. The standard InChI is InChI=1S/C22H31ClN2O3/c1-5-8-19-20(21(26)27)18(13-15(2)9-7-12-22(3,4)28)24-25(19)17-11-6-10-16(23)14-17/h6,10-11,14-15,28H,5,7-9,12-13H2,1-4H3,(H,26,27). The third-order valence-electron chi connectivity index (χ3n) is 4.83. The van der Waals surface area contributed by atoms with E-state index in [0.29, 0.717) is 29.1 Å². The fraction of sp³-hybridized carbons (Fsp3) is 0.545. The van der Waals surface area contributed by atoms with E-state index < -0.39 is 11.6 Å². The molecule has 0 aliphatic carbocycles. The second-order valence-corrected chi connectivity index (χ2v) is 8.67. The number of rotatable bonds is 10. The summed E-state index contributed by atoms with van der Waals surface area (Å²) in [5.74, 6) is -0.659. The van der Waals surface area contributed by atoms with E-state index in [1.54, 1.807) is 16.8 Å². The normalized spacial score (nSPS) is 12.9. The van der Waals surface area contributed by atoms with Crippen molar-refractivity contribution in [1.29, 1.82) is 0 Å². The minimum absolute atomic E-state index is 0.276. The zero-order chi connectivity index (χ0) is 20.9. The summed E-state index contributed by atoms with van der Waals surface area (Å²) in [6.07, 6.45) is 4.58. The molecule has 28 heavy (non-hydrogen) atoms. The lowest BCUT2D eigenvalue weighted by molar-refractivity contribution is 0.0669. The Morgan fingerprint density at radius 3 is 2.64 bits per heavy atom. The summed E-state index contributed by atoms with van der Waals surface area (Å²) in [6.45, 7) is 7.75. The summed E-state index contributed by atoms with van der Waals surface area (Å²) in [5, 5.41) is 25.0. The number of carboxylic acid groups (broad SMARTS) is 1. The molecule has 2 rings (SSSR count). The smallest absolute Gasteiger partial charge is 0.339 e. The summed E-state index contributed by atoms with van der Waals surface area (Å²) in [4.78, 5) is 12.0. The highest BCUT2D eigenvalue weighted by atomic mass is 35.5. The van der Waals surface area contributed by atoms with E-state index in [9.17, 15) is 15.0 Å². The van der Waals surface area contributed by atoms with Gasteiger partial charge in [0.25, 0.3) is 0 Å². The lowest BCUT2D eigenvalue weighted by Gasteiger charge is -2.18. The predicted molar refractivity (Wildman–Crippen MR) is 113 cm³/mol. The average molecular weight is 407 g/mol. The fourth-order valence-corrected chi connectivity index (χ4v) is 3.68. The molecule has 0 amide bonds. The van der Waals surface area contributed by atoms with Gasteiger partial charge >= 0.3 is 5.97 Å². The number of benzene rings is 1. The van der Waals surface area contributed by atoms with Crippen LogP contribution in [0.5, 0.6) is 0 Å². The number of aromatic carboxylic acids is 1. The minimum Gasteiger partial charge on any atom is -0.478 e. The van der Waals surface area contributed by atoms with Crippen LogP contribution in [-0.4, -0.2) is 31.6 Å². The third-order valence-corrected chi connectivity index (χ3v) is 5.07. The molecular formula is C22H31ClN2O3. The quantitative estimate of drug-likeness (QED) is 0.561. The van der Waals surface area contributed by atoms with Gasteiger partial charge in [0.2, 0.25) is 0 Å². The Morgan fingerprint density at radius 2 is 2.07 bits per heavy atom. The molecule has 6 heteroatoms. The van der Waals surface area contributed by atoms with E-state index in [1.165, 1.54) is 0 Å². The molecule has 0 aliphatic rings. The number of carboxylic acids is 1. The molecule has 0 aliphatic heterocycles. The molecule has 2 aromatic rings. The first kappa shape index (κ1) is 22.4. The average Bonchev–Trinajstić information content (AvgIpc) is 2.92. The van der Waals surface area contributed by atoms with Crippen LogP contribution >= 0.6 is 11.6 Å². The van der Waals surface area contributed by atoms with Crippen LogP contribution in [0.1, 0.15) is 75.1 Å². The van der Waals surface area contributed by atoms with Gasteiger partial charge in [0.15, 0.2) is 0 Å². The maximum absolute atomic E-state index is 12.0. The fourth-order valence-electron chi connectivity index (χ4n) is 3.50. The zero-order valence-corrected chi connectivity index (χ0v) is 18.0. The van der Waals surface area contributed by atoms with Gasteiger partial charge in [0.1, 0.15) is 5.56 Å². The number of nitrogens with zero attached hydrogens (tertiary/aromatic N) is 2. The van der Waals surface area contributed by atoms with Crippen LogP contribution in [0.4, 0.5) is 0 Å². The highest BCUT2D eigenvalue weighted by Crippen LogP contribution is 2.26. The van der Waals surface area contributed by atoms with Gasteiger partial charge in [-0.25, -0.2) is 9.48 Å². The van der Waals surface area contributed by atoms with Crippen LogP contribution in [0.3, 0.4) is 0 Å². The highest BCUT2D eigenvalue weighted by Gasteiger charge is 2.25. The third kappa shape index (κ3) is 6.08. The molecule has 0 bridgehead atoms. The monoisotopic (exact) mass is 406 g/mol. The molecule has 0 saturated heterocycles. The second kappa shape index (κ2) is 9.57. The Balaban J connectivity index is 2.33. The van der Waals surface area contributed by atoms with Crippen LogP contribution in [0.2, 0.25) is 5.02 Å².